The normalized spacial score (nSPS) is 16.5. The number of fused-ring (bicyclic) bond motifs is 1. The van der Waals surface area contributed by atoms with Crippen LogP contribution >= 0.6 is 22.9 Å². The minimum atomic E-state index is 0.0469. The molecule has 0 bridgehead atoms. The van der Waals surface area contributed by atoms with E-state index in [1.165, 1.54) is 16.9 Å². The fourth-order valence-corrected chi connectivity index (χ4v) is 5.27. The molecule has 2 aromatic carbocycles. The summed E-state index contributed by atoms with van der Waals surface area (Å²) in [4.78, 5) is 20.0. The molecule has 3 aromatic rings. The Morgan fingerprint density at radius 2 is 2.07 bits per heavy atom. The molecule has 1 aliphatic rings. The van der Waals surface area contributed by atoms with Gasteiger partial charge in [0.1, 0.15) is 0 Å². The van der Waals surface area contributed by atoms with Crippen molar-refractivity contribution in [2.45, 2.75) is 52.1 Å². The van der Waals surface area contributed by atoms with Crippen molar-refractivity contribution in [2.24, 2.45) is 0 Å². The number of anilines is 1. The summed E-state index contributed by atoms with van der Waals surface area (Å²) in [5.41, 5.74) is 4.22. The van der Waals surface area contributed by atoms with E-state index in [1.807, 2.05) is 24.0 Å². The molecule has 0 radical (unpaired) electrons. The first-order valence-corrected chi connectivity index (χ1v) is 11.7. The monoisotopic (exact) mass is 442 g/mol. The minimum absolute atomic E-state index is 0.0469. The molecule has 2 heterocycles. The molecule has 158 valence electrons. The van der Waals surface area contributed by atoms with E-state index in [1.54, 1.807) is 0 Å². The van der Waals surface area contributed by atoms with Crippen LogP contribution in [-0.4, -0.2) is 30.1 Å². The van der Waals surface area contributed by atoms with Gasteiger partial charge < -0.3 is 4.74 Å². The highest BCUT2D eigenvalue weighted by Gasteiger charge is 2.26. The molecular formula is C24H27ClN2O2S. The van der Waals surface area contributed by atoms with Crippen molar-refractivity contribution in [1.29, 1.82) is 0 Å². The standard InChI is InChI=1S/C24H27ClN2O2S/c1-15(2)18-8-6-17(7-9-18)12-22(28)27(14-20-5-4-10-29-20)24-26-23-16(3)11-19(25)13-21(23)30-24/h6-9,11,13,15,20H,4-5,10,12,14H2,1-3H3. The van der Waals surface area contributed by atoms with Crippen LogP contribution in [0.15, 0.2) is 36.4 Å². The number of benzene rings is 2. The third-order valence-electron chi connectivity index (χ3n) is 5.58. The Labute approximate surface area is 186 Å². The lowest BCUT2D eigenvalue weighted by Crippen LogP contribution is -2.38. The van der Waals surface area contributed by atoms with Crippen LogP contribution in [-0.2, 0) is 16.0 Å². The molecule has 4 rings (SSSR count). The van der Waals surface area contributed by atoms with E-state index in [9.17, 15) is 4.79 Å². The van der Waals surface area contributed by atoms with E-state index in [-0.39, 0.29) is 12.0 Å². The number of halogens is 1. The lowest BCUT2D eigenvalue weighted by molar-refractivity contribution is -0.118. The number of ether oxygens (including phenoxy) is 1. The SMILES string of the molecule is Cc1cc(Cl)cc2sc(N(CC3CCCO3)C(=O)Cc3ccc(C(C)C)cc3)nc12. The van der Waals surface area contributed by atoms with Gasteiger partial charge in [0.25, 0.3) is 0 Å². The molecule has 1 aliphatic heterocycles. The predicted molar refractivity (Wildman–Crippen MR) is 125 cm³/mol. The molecule has 0 aliphatic carbocycles. The van der Waals surface area contributed by atoms with Crippen molar-refractivity contribution >= 4 is 44.2 Å². The van der Waals surface area contributed by atoms with Gasteiger partial charge in [0.15, 0.2) is 5.13 Å². The molecule has 4 nitrogen and oxygen atoms in total. The Kier molecular flexibility index (Phi) is 6.42. The Morgan fingerprint density at radius 3 is 2.73 bits per heavy atom. The maximum absolute atomic E-state index is 13.4. The van der Waals surface area contributed by atoms with Gasteiger partial charge in [-0.25, -0.2) is 4.98 Å². The molecule has 1 amide bonds. The van der Waals surface area contributed by atoms with E-state index in [0.29, 0.717) is 23.9 Å². The van der Waals surface area contributed by atoms with Crippen LogP contribution in [0.1, 0.15) is 49.3 Å². The number of thiazole rings is 1. The molecule has 1 saturated heterocycles. The summed E-state index contributed by atoms with van der Waals surface area (Å²) in [6.07, 6.45) is 2.43. The molecular weight excluding hydrogens is 416 g/mol. The van der Waals surface area contributed by atoms with Crippen LogP contribution in [0.2, 0.25) is 5.02 Å². The van der Waals surface area contributed by atoms with Crippen molar-refractivity contribution in [3.63, 3.8) is 0 Å². The van der Waals surface area contributed by atoms with Crippen molar-refractivity contribution < 1.29 is 9.53 Å². The van der Waals surface area contributed by atoms with Crippen molar-refractivity contribution in [2.75, 3.05) is 18.1 Å². The highest BCUT2D eigenvalue weighted by atomic mass is 35.5. The number of hydrogen-bond acceptors (Lipinski definition) is 4. The Balaban J connectivity index is 1.62. The zero-order valence-electron chi connectivity index (χ0n) is 17.7. The zero-order valence-corrected chi connectivity index (χ0v) is 19.2. The first-order valence-electron chi connectivity index (χ1n) is 10.5. The van der Waals surface area contributed by atoms with Gasteiger partial charge in [-0.3, -0.25) is 9.69 Å². The third-order valence-corrected chi connectivity index (χ3v) is 6.83. The van der Waals surface area contributed by atoms with Gasteiger partial charge >= 0.3 is 0 Å². The van der Waals surface area contributed by atoms with Crippen LogP contribution in [0.25, 0.3) is 10.2 Å². The van der Waals surface area contributed by atoms with Crippen LogP contribution in [0.5, 0.6) is 0 Å². The van der Waals surface area contributed by atoms with Gasteiger partial charge in [0.05, 0.1) is 29.3 Å². The smallest absolute Gasteiger partial charge is 0.233 e. The second-order valence-corrected chi connectivity index (χ2v) is 9.72. The molecule has 0 saturated carbocycles. The second-order valence-electron chi connectivity index (χ2n) is 8.28. The molecule has 1 aromatic heterocycles. The number of aryl methyl sites for hydroxylation is 1. The predicted octanol–water partition coefficient (Wildman–Crippen LogP) is 6.14. The molecule has 6 heteroatoms. The first kappa shape index (κ1) is 21.3. The van der Waals surface area contributed by atoms with E-state index in [2.05, 4.69) is 38.1 Å². The van der Waals surface area contributed by atoms with Crippen LogP contribution in [0.3, 0.4) is 0 Å². The maximum atomic E-state index is 13.4. The number of hydrogen-bond donors (Lipinski definition) is 0. The van der Waals surface area contributed by atoms with Crippen LogP contribution < -0.4 is 4.90 Å². The van der Waals surface area contributed by atoms with E-state index < -0.39 is 0 Å². The lowest BCUT2D eigenvalue weighted by atomic mass is 10.0. The van der Waals surface area contributed by atoms with Gasteiger partial charge in [0.2, 0.25) is 5.91 Å². The third kappa shape index (κ3) is 4.69. The summed E-state index contributed by atoms with van der Waals surface area (Å²) in [5.74, 6) is 0.522. The fraction of sp³-hybridized carbons (Fsp3) is 0.417. The zero-order chi connectivity index (χ0) is 21.3. The summed E-state index contributed by atoms with van der Waals surface area (Å²) >= 11 is 7.75. The number of aromatic nitrogens is 1. The maximum Gasteiger partial charge on any atom is 0.233 e. The average Bonchev–Trinajstić information content (AvgIpc) is 3.36. The molecule has 1 unspecified atom stereocenters. The number of rotatable bonds is 6. The van der Waals surface area contributed by atoms with Crippen LogP contribution in [0, 0.1) is 6.92 Å². The van der Waals surface area contributed by atoms with Crippen molar-refractivity contribution in [3.8, 4) is 0 Å². The summed E-state index contributed by atoms with van der Waals surface area (Å²) in [6, 6.07) is 12.2. The molecule has 0 N–H and O–H groups in total. The second kappa shape index (κ2) is 9.04. The topological polar surface area (TPSA) is 42.4 Å². The highest BCUT2D eigenvalue weighted by molar-refractivity contribution is 7.22. The molecule has 1 atom stereocenters. The van der Waals surface area contributed by atoms with Gasteiger partial charge in [-0.1, -0.05) is 61.1 Å². The number of carbonyl (C=O) groups excluding carboxylic acids is 1. The summed E-state index contributed by atoms with van der Waals surface area (Å²) in [7, 11) is 0. The molecule has 30 heavy (non-hydrogen) atoms. The fourth-order valence-electron chi connectivity index (χ4n) is 3.83. The number of carbonyl (C=O) groups is 1. The van der Waals surface area contributed by atoms with E-state index in [4.69, 9.17) is 21.3 Å². The van der Waals surface area contributed by atoms with Crippen molar-refractivity contribution in [3.05, 3.63) is 58.1 Å². The van der Waals surface area contributed by atoms with Gasteiger partial charge in [-0.15, -0.1) is 0 Å². The number of nitrogens with zero attached hydrogens (tertiary/aromatic N) is 2. The summed E-state index contributed by atoms with van der Waals surface area (Å²) in [5, 5.41) is 1.41. The molecule has 0 spiro atoms. The van der Waals surface area contributed by atoms with E-state index in [0.717, 1.165) is 45.9 Å². The van der Waals surface area contributed by atoms with Crippen LogP contribution in [0.4, 0.5) is 5.13 Å². The molecule has 1 fully saturated rings. The Morgan fingerprint density at radius 1 is 1.30 bits per heavy atom. The lowest BCUT2D eigenvalue weighted by Gasteiger charge is -2.23. The Hall–Kier alpha value is -1.95. The number of amides is 1. The van der Waals surface area contributed by atoms with Crippen molar-refractivity contribution in [1.82, 2.24) is 4.98 Å². The van der Waals surface area contributed by atoms with E-state index >= 15 is 0 Å². The minimum Gasteiger partial charge on any atom is -0.376 e. The Bertz CT molecular complexity index is 1040. The van der Waals surface area contributed by atoms with Gasteiger partial charge in [-0.05, 0) is 54.5 Å². The summed E-state index contributed by atoms with van der Waals surface area (Å²) in [6.45, 7) is 7.64. The van der Waals surface area contributed by atoms with Gasteiger partial charge in [0, 0.05) is 11.6 Å². The largest absolute Gasteiger partial charge is 0.376 e. The summed E-state index contributed by atoms with van der Waals surface area (Å²) < 4.78 is 6.83. The van der Waals surface area contributed by atoms with Gasteiger partial charge in [-0.2, -0.15) is 0 Å². The quantitative estimate of drug-likeness (QED) is 0.460. The first-order chi connectivity index (χ1) is 14.4. The highest BCUT2D eigenvalue weighted by Crippen LogP contribution is 2.34. The average molecular weight is 443 g/mol.